The van der Waals surface area contributed by atoms with Gasteiger partial charge >= 0.3 is 0 Å². The van der Waals surface area contributed by atoms with Gasteiger partial charge in [-0.1, -0.05) is 24.3 Å². The maximum Gasteiger partial charge on any atom is 0.243 e. The van der Waals surface area contributed by atoms with Crippen LogP contribution in [0.5, 0.6) is 0 Å². The summed E-state index contributed by atoms with van der Waals surface area (Å²) in [5, 5.41) is 0. The number of nitrogens with zero attached hydrogens (tertiary/aromatic N) is 2. The topological polar surface area (TPSA) is 68.0 Å². The minimum atomic E-state index is -0.488. The number of benzene rings is 2. The van der Waals surface area contributed by atoms with Gasteiger partial charge in [-0.05, 0) is 35.4 Å². The molecule has 0 saturated carbocycles. The third kappa shape index (κ3) is 7.36. The van der Waals surface area contributed by atoms with E-state index < -0.39 is 5.91 Å². The maximum absolute atomic E-state index is 13.4. The van der Waals surface area contributed by atoms with Gasteiger partial charge in [-0.2, -0.15) is 0 Å². The third-order valence-corrected chi connectivity index (χ3v) is 5.31. The zero-order chi connectivity index (χ0) is 22.1. The van der Waals surface area contributed by atoms with Crippen LogP contribution in [0, 0.1) is 11.6 Å². The van der Waals surface area contributed by atoms with E-state index in [0.29, 0.717) is 19.8 Å². The summed E-state index contributed by atoms with van der Waals surface area (Å²) < 4.78 is 37.5. The summed E-state index contributed by atoms with van der Waals surface area (Å²) in [5.41, 5.74) is 6.98. The fraction of sp³-hybridized carbons (Fsp3) is 0.435. The van der Waals surface area contributed by atoms with E-state index in [-0.39, 0.29) is 24.3 Å². The van der Waals surface area contributed by atoms with Crippen LogP contribution in [0.25, 0.3) is 0 Å². The van der Waals surface area contributed by atoms with E-state index >= 15 is 0 Å². The minimum absolute atomic E-state index is 0.0537. The Balaban J connectivity index is 1.50. The van der Waals surface area contributed by atoms with E-state index in [0.717, 1.165) is 43.9 Å². The number of nitrogens with two attached hydrogens (primary N) is 1. The Morgan fingerprint density at radius 2 is 1.35 bits per heavy atom. The molecule has 1 aliphatic rings. The normalized spacial score (nSPS) is 15.5. The molecule has 0 unspecified atom stereocenters. The highest BCUT2D eigenvalue weighted by atomic mass is 19.1. The lowest BCUT2D eigenvalue weighted by Crippen LogP contribution is -2.48. The molecule has 1 fully saturated rings. The molecule has 1 heterocycles. The monoisotopic (exact) mass is 433 g/mol. The molecule has 2 aromatic carbocycles. The summed E-state index contributed by atoms with van der Waals surface area (Å²) in [6.45, 7) is 5.48. The largest absolute Gasteiger partial charge is 0.378 e. The van der Waals surface area contributed by atoms with Crippen molar-refractivity contribution in [3.63, 3.8) is 0 Å². The van der Waals surface area contributed by atoms with Gasteiger partial charge in [-0.15, -0.1) is 0 Å². The molecule has 31 heavy (non-hydrogen) atoms. The number of primary amides is 1. The predicted octanol–water partition coefficient (Wildman–Crippen LogP) is 2.19. The van der Waals surface area contributed by atoms with Crippen molar-refractivity contribution < 1.29 is 23.0 Å². The molecule has 1 amide bonds. The maximum atomic E-state index is 13.4. The second kappa shape index (κ2) is 11.9. The average Bonchev–Trinajstić information content (AvgIpc) is 2.77. The molecule has 1 saturated heterocycles. The molecule has 0 aliphatic carbocycles. The van der Waals surface area contributed by atoms with Crippen LogP contribution >= 0.6 is 0 Å². The van der Waals surface area contributed by atoms with Crippen LogP contribution in [0.3, 0.4) is 0 Å². The molecule has 2 aromatic rings. The molecule has 0 bridgehead atoms. The Labute approximate surface area is 181 Å². The molecule has 6 nitrogen and oxygen atoms in total. The highest BCUT2D eigenvalue weighted by Crippen LogP contribution is 2.30. The van der Waals surface area contributed by atoms with Crippen molar-refractivity contribution in [1.82, 2.24) is 9.80 Å². The number of ether oxygens (including phenoxy) is 2. The Hall–Kier alpha value is -2.39. The van der Waals surface area contributed by atoms with Gasteiger partial charge in [0.05, 0.1) is 25.9 Å². The van der Waals surface area contributed by atoms with Crippen molar-refractivity contribution in [1.29, 1.82) is 0 Å². The molecule has 0 radical (unpaired) electrons. The summed E-state index contributed by atoms with van der Waals surface area (Å²) in [5.74, 6) is -1.03. The minimum Gasteiger partial charge on any atom is -0.378 e. The third-order valence-electron chi connectivity index (χ3n) is 5.31. The molecule has 168 valence electrons. The number of carbonyl (C=O) groups excluding carboxylic acids is 1. The lowest BCUT2D eigenvalue weighted by molar-refractivity contribution is -0.123. The molecule has 0 atom stereocenters. The Kier molecular flexibility index (Phi) is 8.90. The van der Waals surface area contributed by atoms with Gasteiger partial charge in [-0.25, -0.2) is 8.78 Å². The quantitative estimate of drug-likeness (QED) is 0.551. The average molecular weight is 433 g/mol. The highest BCUT2D eigenvalue weighted by molar-refractivity contribution is 5.74. The first-order valence-corrected chi connectivity index (χ1v) is 10.4. The standard InChI is InChI=1S/C23H29F2N3O3/c24-20-5-1-18(2-6-20)23(19-3-7-21(25)8-4-19)28-11-9-27(10-12-28)13-14-30-15-16-31-17-22(26)29/h1-8,23H,9-17H2,(H2,26,29). The van der Waals surface area contributed by atoms with Crippen LogP contribution in [0.4, 0.5) is 8.78 Å². The summed E-state index contributed by atoms with van der Waals surface area (Å²) >= 11 is 0. The molecule has 1 aliphatic heterocycles. The second-order valence-corrected chi connectivity index (χ2v) is 7.51. The summed E-state index contributed by atoms with van der Waals surface area (Å²) in [7, 11) is 0. The highest BCUT2D eigenvalue weighted by Gasteiger charge is 2.26. The lowest BCUT2D eigenvalue weighted by Gasteiger charge is -2.39. The zero-order valence-electron chi connectivity index (χ0n) is 17.5. The van der Waals surface area contributed by atoms with Crippen molar-refractivity contribution in [2.24, 2.45) is 5.73 Å². The Morgan fingerprint density at radius 3 is 1.87 bits per heavy atom. The van der Waals surface area contributed by atoms with Crippen LogP contribution < -0.4 is 5.73 Å². The van der Waals surface area contributed by atoms with Gasteiger partial charge in [0, 0.05) is 32.7 Å². The van der Waals surface area contributed by atoms with Gasteiger partial charge < -0.3 is 15.2 Å². The van der Waals surface area contributed by atoms with Crippen molar-refractivity contribution in [2.45, 2.75) is 6.04 Å². The molecule has 0 aromatic heterocycles. The summed E-state index contributed by atoms with van der Waals surface area (Å²) in [4.78, 5) is 15.3. The molecular weight excluding hydrogens is 404 g/mol. The van der Waals surface area contributed by atoms with Crippen LogP contribution in [-0.2, 0) is 14.3 Å². The summed E-state index contributed by atoms with van der Waals surface area (Å²) in [6.07, 6.45) is 0. The number of amides is 1. The first-order chi connectivity index (χ1) is 15.0. The number of piperazine rings is 1. The van der Waals surface area contributed by atoms with E-state index in [4.69, 9.17) is 15.2 Å². The fourth-order valence-electron chi connectivity index (χ4n) is 3.74. The smallest absolute Gasteiger partial charge is 0.243 e. The van der Waals surface area contributed by atoms with Crippen LogP contribution in [0.1, 0.15) is 17.2 Å². The van der Waals surface area contributed by atoms with Gasteiger partial charge in [0.15, 0.2) is 0 Å². The number of hydrogen-bond acceptors (Lipinski definition) is 5. The van der Waals surface area contributed by atoms with Crippen LogP contribution in [0.2, 0.25) is 0 Å². The van der Waals surface area contributed by atoms with E-state index in [1.54, 1.807) is 24.3 Å². The van der Waals surface area contributed by atoms with Gasteiger partial charge in [-0.3, -0.25) is 14.6 Å². The molecule has 2 N–H and O–H groups in total. The van der Waals surface area contributed by atoms with Crippen LogP contribution in [0.15, 0.2) is 48.5 Å². The number of rotatable bonds is 11. The lowest BCUT2D eigenvalue weighted by atomic mass is 9.96. The van der Waals surface area contributed by atoms with E-state index in [2.05, 4.69) is 9.80 Å². The van der Waals surface area contributed by atoms with E-state index in [1.165, 1.54) is 24.3 Å². The van der Waals surface area contributed by atoms with Crippen molar-refractivity contribution in [3.8, 4) is 0 Å². The predicted molar refractivity (Wildman–Crippen MR) is 113 cm³/mol. The van der Waals surface area contributed by atoms with Crippen molar-refractivity contribution in [3.05, 3.63) is 71.3 Å². The summed E-state index contributed by atoms with van der Waals surface area (Å²) in [6, 6.07) is 13.0. The SMILES string of the molecule is NC(=O)COCCOCCN1CCN(C(c2ccc(F)cc2)c2ccc(F)cc2)CC1. The Morgan fingerprint density at radius 1 is 0.839 bits per heavy atom. The fourth-order valence-corrected chi connectivity index (χ4v) is 3.74. The van der Waals surface area contributed by atoms with E-state index in [1.807, 2.05) is 0 Å². The van der Waals surface area contributed by atoms with Crippen molar-refractivity contribution in [2.75, 3.05) is 59.2 Å². The molecular formula is C23H29F2N3O3. The second-order valence-electron chi connectivity index (χ2n) is 7.51. The zero-order valence-corrected chi connectivity index (χ0v) is 17.5. The number of halogens is 2. The first kappa shape index (κ1) is 23.3. The van der Waals surface area contributed by atoms with Gasteiger partial charge in [0.2, 0.25) is 5.91 Å². The number of hydrogen-bond donors (Lipinski definition) is 1. The Bertz CT molecular complexity index is 764. The molecule has 8 heteroatoms. The van der Waals surface area contributed by atoms with E-state index in [9.17, 15) is 13.6 Å². The molecule has 0 spiro atoms. The number of carbonyl (C=O) groups is 1. The van der Waals surface area contributed by atoms with Gasteiger partial charge in [0.25, 0.3) is 0 Å². The first-order valence-electron chi connectivity index (χ1n) is 10.4. The van der Waals surface area contributed by atoms with Gasteiger partial charge in [0.1, 0.15) is 18.2 Å². The van der Waals surface area contributed by atoms with Crippen molar-refractivity contribution >= 4 is 5.91 Å². The molecule has 3 rings (SSSR count). The van der Waals surface area contributed by atoms with Crippen LogP contribution in [-0.4, -0.2) is 74.9 Å².